The van der Waals surface area contributed by atoms with Gasteiger partial charge in [0.2, 0.25) is 0 Å². The van der Waals surface area contributed by atoms with Crippen LogP contribution >= 0.6 is 23.2 Å². The summed E-state index contributed by atoms with van der Waals surface area (Å²) in [6.45, 7) is 5.58. The van der Waals surface area contributed by atoms with Crippen molar-refractivity contribution in [2.24, 2.45) is 7.05 Å². The lowest BCUT2D eigenvalue weighted by molar-refractivity contribution is -0.127. The molecule has 0 saturated heterocycles. The highest BCUT2D eigenvalue weighted by Gasteiger charge is 2.31. The summed E-state index contributed by atoms with van der Waals surface area (Å²) in [6, 6.07) is 5.08. The Kier molecular flexibility index (Phi) is 5.08. The molecule has 0 aliphatic carbocycles. The van der Waals surface area contributed by atoms with Crippen LogP contribution in [0.3, 0.4) is 0 Å². The van der Waals surface area contributed by atoms with Gasteiger partial charge in [-0.3, -0.25) is 0 Å². The molecule has 0 radical (unpaired) electrons. The first-order valence-corrected chi connectivity index (χ1v) is 8.61. The second kappa shape index (κ2) is 7.04. The first-order valence-electron chi connectivity index (χ1n) is 7.86. The number of nitrogens with zero attached hydrogens (tertiary/aromatic N) is 3. The topological polar surface area (TPSA) is 30.7 Å². The van der Waals surface area contributed by atoms with Crippen molar-refractivity contribution in [3.8, 4) is 0 Å². The highest BCUT2D eigenvalue weighted by atomic mass is 35.5. The summed E-state index contributed by atoms with van der Waals surface area (Å²) in [5.41, 5.74) is 5.15. The number of alkyl halides is 3. The van der Waals surface area contributed by atoms with Gasteiger partial charge >= 0.3 is 6.18 Å². The summed E-state index contributed by atoms with van der Waals surface area (Å²) in [5, 5.41) is 0.0672. The van der Waals surface area contributed by atoms with Crippen molar-refractivity contribution in [3.05, 3.63) is 69.5 Å². The third-order valence-electron chi connectivity index (χ3n) is 4.28. The van der Waals surface area contributed by atoms with E-state index in [0.717, 1.165) is 11.5 Å². The fourth-order valence-corrected chi connectivity index (χ4v) is 3.43. The molecule has 3 nitrogen and oxygen atoms in total. The van der Waals surface area contributed by atoms with Crippen LogP contribution in [0.5, 0.6) is 0 Å². The van der Waals surface area contributed by atoms with Gasteiger partial charge in [-0.15, -0.1) is 5.73 Å². The number of aromatic nitrogens is 3. The van der Waals surface area contributed by atoms with Gasteiger partial charge in [-0.2, -0.15) is 13.2 Å². The fraction of sp³-hybridized carbons (Fsp3) is 0.211. The molecule has 8 heteroatoms. The van der Waals surface area contributed by atoms with Crippen LogP contribution in [0.2, 0.25) is 10.2 Å². The monoisotopic (exact) mass is 411 g/mol. The molecule has 0 atom stereocenters. The van der Waals surface area contributed by atoms with Crippen LogP contribution in [0.15, 0.2) is 36.7 Å². The molecule has 0 aliphatic heterocycles. The smallest absolute Gasteiger partial charge is 0.331 e. The maximum atomic E-state index is 12.9. The molecule has 0 aliphatic rings. The molecular weight excluding hydrogens is 398 g/mol. The minimum Gasteiger partial charge on any atom is -0.331 e. The highest BCUT2D eigenvalue weighted by molar-refractivity contribution is 6.39. The minimum atomic E-state index is -4.45. The van der Waals surface area contributed by atoms with Gasteiger partial charge in [-0.05, 0) is 24.6 Å². The Morgan fingerprint density at radius 2 is 2.00 bits per heavy atom. The van der Waals surface area contributed by atoms with E-state index in [2.05, 4.69) is 22.3 Å². The van der Waals surface area contributed by atoms with Crippen LogP contribution in [0.25, 0.3) is 16.5 Å². The molecule has 2 heterocycles. The zero-order valence-electron chi connectivity index (χ0n) is 14.5. The Labute approximate surface area is 163 Å². The van der Waals surface area contributed by atoms with Crippen molar-refractivity contribution in [2.45, 2.75) is 19.5 Å². The van der Waals surface area contributed by atoms with Gasteiger partial charge in [0, 0.05) is 23.6 Å². The molecular formula is C19H14Cl2F3N3. The summed E-state index contributed by atoms with van der Waals surface area (Å²) < 4.78 is 40.4. The Hall–Kier alpha value is -2.27. The lowest BCUT2D eigenvalue weighted by Gasteiger charge is -2.13. The van der Waals surface area contributed by atoms with Crippen LogP contribution in [0.1, 0.15) is 22.6 Å². The van der Waals surface area contributed by atoms with E-state index in [-0.39, 0.29) is 15.7 Å². The Morgan fingerprint density at radius 1 is 1.30 bits per heavy atom. The maximum absolute atomic E-state index is 12.9. The van der Waals surface area contributed by atoms with Gasteiger partial charge in [0.1, 0.15) is 11.0 Å². The fourth-order valence-electron chi connectivity index (χ4n) is 2.82. The van der Waals surface area contributed by atoms with Crippen LogP contribution in [0.4, 0.5) is 13.2 Å². The van der Waals surface area contributed by atoms with E-state index in [1.165, 1.54) is 0 Å². The number of rotatable bonds is 3. The van der Waals surface area contributed by atoms with Gasteiger partial charge < -0.3 is 4.57 Å². The number of fused-ring (bicyclic) bond motifs is 1. The third-order valence-corrected chi connectivity index (χ3v) is 5.03. The lowest BCUT2D eigenvalue weighted by Crippen LogP contribution is -2.13. The largest absolute Gasteiger partial charge is 0.393 e. The van der Waals surface area contributed by atoms with Crippen molar-refractivity contribution in [3.63, 3.8) is 0 Å². The van der Waals surface area contributed by atoms with Crippen molar-refractivity contribution in [2.75, 3.05) is 0 Å². The Morgan fingerprint density at radius 3 is 2.56 bits per heavy atom. The molecule has 0 saturated carbocycles. The average molecular weight is 412 g/mol. The third kappa shape index (κ3) is 3.74. The number of hydrogen-bond donors (Lipinski definition) is 0. The van der Waals surface area contributed by atoms with Crippen molar-refractivity contribution < 1.29 is 13.2 Å². The summed E-state index contributed by atoms with van der Waals surface area (Å²) >= 11 is 12.2. The van der Waals surface area contributed by atoms with E-state index in [4.69, 9.17) is 23.2 Å². The van der Waals surface area contributed by atoms with Crippen molar-refractivity contribution in [1.82, 2.24) is 14.5 Å². The summed E-state index contributed by atoms with van der Waals surface area (Å²) in [7, 11) is 1.85. The quantitative estimate of drug-likeness (QED) is 0.396. The number of halogens is 5. The van der Waals surface area contributed by atoms with Crippen molar-refractivity contribution in [1.29, 1.82) is 0 Å². The molecule has 140 valence electrons. The predicted molar refractivity (Wildman–Crippen MR) is 101 cm³/mol. The van der Waals surface area contributed by atoms with E-state index in [0.29, 0.717) is 22.0 Å². The van der Waals surface area contributed by atoms with Crippen LogP contribution in [0, 0.1) is 6.92 Å². The highest BCUT2D eigenvalue weighted by Crippen LogP contribution is 2.36. The van der Waals surface area contributed by atoms with E-state index in [1.807, 2.05) is 18.5 Å². The Bertz CT molecular complexity index is 1090. The normalized spacial score (nSPS) is 11.7. The van der Waals surface area contributed by atoms with E-state index < -0.39 is 12.6 Å². The predicted octanol–water partition coefficient (Wildman–Crippen LogP) is 5.90. The number of imidazole rings is 1. The maximum Gasteiger partial charge on any atom is 0.393 e. The molecule has 0 bridgehead atoms. The molecule has 1 aromatic carbocycles. The minimum absolute atomic E-state index is 0.0613. The second-order valence-corrected chi connectivity index (χ2v) is 6.76. The number of benzene rings is 1. The van der Waals surface area contributed by atoms with Gasteiger partial charge in [0.15, 0.2) is 0 Å². The van der Waals surface area contributed by atoms with Gasteiger partial charge in [-0.1, -0.05) is 35.8 Å². The zero-order chi connectivity index (χ0) is 19.9. The number of aryl methyl sites for hydroxylation is 1. The number of pyridine rings is 1. The molecule has 0 amide bonds. The molecule has 27 heavy (non-hydrogen) atoms. The molecule has 0 N–H and O–H groups in total. The number of hydrogen-bond acceptors (Lipinski definition) is 2. The van der Waals surface area contributed by atoms with E-state index >= 15 is 0 Å². The SMILES string of the molecule is C=C=C(c1ccc2nc(Cl)c(CC(F)(F)F)c(Cl)c2c1)c1cnc(C)n1C. The first-order chi connectivity index (χ1) is 12.6. The standard InChI is InChI=1S/C19H14Cl2F3N3/c1-4-12(16-9-25-10(2)27(16)3)11-5-6-15-13(7-11)17(20)14(18(21)26-15)8-19(22,23)24/h5-7,9H,1,8H2,2-3H3. The summed E-state index contributed by atoms with van der Waals surface area (Å²) in [6.07, 6.45) is -4.01. The van der Waals surface area contributed by atoms with Gasteiger partial charge in [0.05, 0.1) is 28.9 Å². The van der Waals surface area contributed by atoms with Crippen LogP contribution in [-0.4, -0.2) is 20.7 Å². The molecule has 3 aromatic rings. The molecule has 0 spiro atoms. The zero-order valence-corrected chi connectivity index (χ0v) is 16.0. The van der Waals surface area contributed by atoms with Gasteiger partial charge in [-0.25, -0.2) is 9.97 Å². The van der Waals surface area contributed by atoms with Crippen LogP contribution < -0.4 is 0 Å². The summed E-state index contributed by atoms with van der Waals surface area (Å²) in [4.78, 5) is 8.31. The Balaban J connectivity index is 2.19. The van der Waals surface area contributed by atoms with Crippen LogP contribution in [-0.2, 0) is 13.5 Å². The molecule has 3 rings (SSSR count). The van der Waals surface area contributed by atoms with Crippen molar-refractivity contribution >= 4 is 39.7 Å². The second-order valence-electron chi connectivity index (χ2n) is 6.02. The molecule has 0 unspecified atom stereocenters. The van der Waals surface area contributed by atoms with E-state index in [9.17, 15) is 13.2 Å². The first kappa shape index (κ1) is 19.5. The van der Waals surface area contributed by atoms with E-state index in [1.54, 1.807) is 24.4 Å². The molecule has 2 aromatic heterocycles. The average Bonchev–Trinajstić information content (AvgIpc) is 2.92. The molecule has 0 fully saturated rings. The summed E-state index contributed by atoms with van der Waals surface area (Å²) in [5.74, 6) is 0.803. The van der Waals surface area contributed by atoms with Gasteiger partial charge in [0.25, 0.3) is 0 Å². The lowest BCUT2D eigenvalue weighted by atomic mass is 10.0.